The van der Waals surface area contributed by atoms with Gasteiger partial charge in [-0.2, -0.15) is 8.78 Å². The molecule has 0 aromatic heterocycles. The number of likely N-dealkylation sites (N-methyl/N-ethyl adjacent to an activating group) is 1. The average Bonchev–Trinajstić information content (AvgIpc) is 2.66. The lowest BCUT2D eigenvalue weighted by Gasteiger charge is -2.19. The smallest absolute Gasteiger partial charge is 0.387 e. The number of rotatable bonds is 9. The summed E-state index contributed by atoms with van der Waals surface area (Å²) >= 11 is 0. The molecule has 0 atom stereocenters. The van der Waals surface area contributed by atoms with Crippen molar-refractivity contribution in [2.24, 2.45) is 0 Å². The number of alkyl halides is 2. The predicted octanol–water partition coefficient (Wildman–Crippen LogP) is 3.34. The van der Waals surface area contributed by atoms with E-state index >= 15 is 0 Å². The highest BCUT2D eigenvalue weighted by Gasteiger charge is 2.15. The van der Waals surface area contributed by atoms with Gasteiger partial charge in [-0.1, -0.05) is 18.2 Å². The van der Waals surface area contributed by atoms with E-state index in [2.05, 4.69) is 4.74 Å². The molecule has 6 nitrogen and oxygen atoms in total. The molecule has 0 unspecified atom stereocenters. The van der Waals surface area contributed by atoms with Crippen LogP contribution in [0.4, 0.5) is 8.78 Å². The summed E-state index contributed by atoms with van der Waals surface area (Å²) in [6.07, 6.45) is 0. The zero-order chi connectivity index (χ0) is 19.8. The van der Waals surface area contributed by atoms with Crippen LogP contribution in [0, 0.1) is 0 Å². The Labute approximate surface area is 156 Å². The van der Waals surface area contributed by atoms with Crippen molar-refractivity contribution in [1.29, 1.82) is 0 Å². The molecule has 8 heteroatoms. The van der Waals surface area contributed by atoms with Crippen molar-refractivity contribution in [3.63, 3.8) is 0 Å². The van der Waals surface area contributed by atoms with Crippen LogP contribution in [0.25, 0.3) is 0 Å². The quantitative estimate of drug-likeness (QED) is 0.667. The molecular formula is C19H21F2NO5. The maximum Gasteiger partial charge on any atom is 0.387 e. The summed E-state index contributed by atoms with van der Waals surface area (Å²) in [6, 6.07) is 11.5. The summed E-state index contributed by atoms with van der Waals surface area (Å²) in [5.41, 5.74) is 0.696. The van der Waals surface area contributed by atoms with Gasteiger partial charge in [-0.05, 0) is 29.8 Å². The van der Waals surface area contributed by atoms with Crippen LogP contribution in [0.5, 0.6) is 23.0 Å². The van der Waals surface area contributed by atoms with E-state index in [0.717, 1.165) is 0 Å². The van der Waals surface area contributed by atoms with Gasteiger partial charge in [0.2, 0.25) is 0 Å². The number of carbonyl (C=O) groups is 1. The molecule has 27 heavy (non-hydrogen) atoms. The number of para-hydroxylation sites is 2. The molecule has 0 heterocycles. The Morgan fingerprint density at radius 3 is 2.30 bits per heavy atom. The van der Waals surface area contributed by atoms with E-state index in [1.807, 2.05) is 0 Å². The molecule has 0 saturated heterocycles. The van der Waals surface area contributed by atoms with E-state index in [-0.39, 0.29) is 30.6 Å². The van der Waals surface area contributed by atoms with Gasteiger partial charge in [-0.15, -0.1) is 0 Å². The van der Waals surface area contributed by atoms with Gasteiger partial charge in [0.15, 0.2) is 29.6 Å². The summed E-state index contributed by atoms with van der Waals surface area (Å²) in [6.45, 7) is -2.86. The molecule has 146 valence electrons. The van der Waals surface area contributed by atoms with E-state index in [4.69, 9.17) is 14.2 Å². The minimum Gasteiger partial charge on any atom is -0.493 e. The van der Waals surface area contributed by atoms with E-state index in [9.17, 15) is 13.6 Å². The van der Waals surface area contributed by atoms with Gasteiger partial charge >= 0.3 is 6.61 Å². The number of hydrogen-bond acceptors (Lipinski definition) is 5. The number of methoxy groups -OCH3 is 2. The average molecular weight is 381 g/mol. The van der Waals surface area contributed by atoms with Crippen molar-refractivity contribution in [2.45, 2.75) is 13.2 Å². The van der Waals surface area contributed by atoms with E-state index in [1.54, 1.807) is 43.4 Å². The van der Waals surface area contributed by atoms with Crippen LogP contribution in [0.3, 0.4) is 0 Å². The van der Waals surface area contributed by atoms with Crippen molar-refractivity contribution >= 4 is 5.91 Å². The fourth-order valence-corrected chi connectivity index (χ4v) is 2.35. The zero-order valence-electron chi connectivity index (χ0n) is 15.3. The first-order valence-electron chi connectivity index (χ1n) is 8.06. The molecule has 0 spiro atoms. The molecule has 2 aromatic rings. The highest BCUT2D eigenvalue weighted by molar-refractivity contribution is 5.77. The van der Waals surface area contributed by atoms with Gasteiger partial charge in [-0.25, -0.2) is 0 Å². The van der Waals surface area contributed by atoms with Crippen molar-refractivity contribution in [1.82, 2.24) is 4.90 Å². The lowest BCUT2D eigenvalue weighted by atomic mass is 10.2. The molecule has 0 saturated carbocycles. The topological polar surface area (TPSA) is 57.2 Å². The minimum absolute atomic E-state index is 0.0651. The Morgan fingerprint density at radius 2 is 1.67 bits per heavy atom. The largest absolute Gasteiger partial charge is 0.493 e. The number of halogens is 2. The summed E-state index contributed by atoms with van der Waals surface area (Å²) in [5.74, 6) is 0.848. The fourth-order valence-electron chi connectivity index (χ4n) is 2.35. The maximum atomic E-state index is 12.4. The summed E-state index contributed by atoms with van der Waals surface area (Å²) in [5, 5.41) is 0. The Balaban J connectivity index is 1.97. The van der Waals surface area contributed by atoms with Crippen LogP contribution in [-0.4, -0.2) is 45.3 Å². The Morgan fingerprint density at radius 1 is 1.00 bits per heavy atom. The first kappa shape index (κ1) is 20.3. The van der Waals surface area contributed by atoms with Crippen molar-refractivity contribution in [2.75, 3.05) is 27.9 Å². The van der Waals surface area contributed by atoms with Crippen molar-refractivity contribution < 1.29 is 32.5 Å². The van der Waals surface area contributed by atoms with E-state index < -0.39 is 6.61 Å². The summed E-state index contributed by atoms with van der Waals surface area (Å²) in [4.78, 5) is 13.7. The van der Waals surface area contributed by atoms with Crippen molar-refractivity contribution in [3.8, 4) is 23.0 Å². The summed E-state index contributed by atoms with van der Waals surface area (Å²) in [7, 11) is 4.49. The first-order chi connectivity index (χ1) is 12.9. The molecule has 2 aromatic carbocycles. The third-order valence-electron chi connectivity index (χ3n) is 3.71. The van der Waals surface area contributed by atoms with Gasteiger partial charge in [-0.3, -0.25) is 4.79 Å². The normalized spacial score (nSPS) is 10.4. The molecule has 2 rings (SSSR count). The number of hydrogen-bond donors (Lipinski definition) is 0. The molecule has 1 amide bonds. The molecular weight excluding hydrogens is 360 g/mol. The second-order valence-electron chi connectivity index (χ2n) is 5.55. The number of ether oxygens (including phenoxy) is 4. The van der Waals surface area contributed by atoms with Gasteiger partial charge < -0.3 is 23.8 Å². The van der Waals surface area contributed by atoms with Crippen molar-refractivity contribution in [3.05, 3.63) is 48.0 Å². The highest BCUT2D eigenvalue weighted by Crippen LogP contribution is 2.30. The second kappa shape index (κ2) is 9.61. The van der Waals surface area contributed by atoms with Crippen LogP contribution < -0.4 is 18.9 Å². The zero-order valence-corrected chi connectivity index (χ0v) is 15.3. The third-order valence-corrected chi connectivity index (χ3v) is 3.71. The molecule has 0 fully saturated rings. The van der Waals surface area contributed by atoms with Gasteiger partial charge in [0.1, 0.15) is 0 Å². The lowest BCUT2D eigenvalue weighted by molar-refractivity contribution is -0.132. The SMILES string of the molecule is COc1ccccc1OCC(=O)N(C)Cc1ccc(OC(F)F)c(OC)c1. The van der Waals surface area contributed by atoms with Crippen LogP contribution in [-0.2, 0) is 11.3 Å². The molecule has 0 aliphatic heterocycles. The van der Waals surface area contributed by atoms with E-state index in [0.29, 0.717) is 17.1 Å². The lowest BCUT2D eigenvalue weighted by Crippen LogP contribution is -2.31. The van der Waals surface area contributed by atoms with Gasteiger partial charge in [0.05, 0.1) is 14.2 Å². The fraction of sp³-hybridized carbons (Fsp3) is 0.316. The number of amides is 1. The van der Waals surface area contributed by atoms with Crippen LogP contribution >= 0.6 is 0 Å². The predicted molar refractivity (Wildman–Crippen MR) is 94.6 cm³/mol. The van der Waals surface area contributed by atoms with Crippen LogP contribution in [0.1, 0.15) is 5.56 Å². The summed E-state index contributed by atoms with van der Waals surface area (Å²) < 4.78 is 44.9. The molecule has 0 aliphatic rings. The molecule has 0 aliphatic carbocycles. The van der Waals surface area contributed by atoms with Crippen LogP contribution in [0.15, 0.2) is 42.5 Å². The molecule has 0 radical (unpaired) electrons. The number of nitrogens with zero attached hydrogens (tertiary/aromatic N) is 1. The van der Waals surface area contributed by atoms with Crippen LogP contribution in [0.2, 0.25) is 0 Å². The third kappa shape index (κ3) is 5.73. The minimum atomic E-state index is -2.94. The number of carbonyl (C=O) groups excluding carboxylic acids is 1. The molecule has 0 bridgehead atoms. The standard InChI is InChI=1S/C19H21F2NO5/c1-22(18(23)12-26-15-7-5-4-6-14(15)24-2)11-13-8-9-16(27-19(20)21)17(10-13)25-3/h4-10,19H,11-12H2,1-3H3. The Bertz CT molecular complexity index is 770. The van der Waals surface area contributed by atoms with E-state index in [1.165, 1.54) is 25.2 Å². The monoisotopic (exact) mass is 381 g/mol. The second-order valence-corrected chi connectivity index (χ2v) is 5.55. The Kier molecular flexibility index (Phi) is 7.22. The maximum absolute atomic E-state index is 12.4. The first-order valence-corrected chi connectivity index (χ1v) is 8.06. The molecule has 0 N–H and O–H groups in total. The number of benzene rings is 2. The Hall–Kier alpha value is -3.03. The van der Waals surface area contributed by atoms with Gasteiger partial charge in [0, 0.05) is 13.6 Å². The highest BCUT2D eigenvalue weighted by atomic mass is 19.3. The van der Waals surface area contributed by atoms with Gasteiger partial charge in [0.25, 0.3) is 5.91 Å².